The van der Waals surface area contributed by atoms with Crippen LogP contribution in [0.4, 0.5) is 13.2 Å². The van der Waals surface area contributed by atoms with Gasteiger partial charge in [-0.3, -0.25) is 4.79 Å². The third kappa shape index (κ3) is 2.44. The molecule has 0 saturated carbocycles. The lowest BCUT2D eigenvalue weighted by Gasteiger charge is -2.05. The van der Waals surface area contributed by atoms with Crippen molar-refractivity contribution in [2.24, 2.45) is 0 Å². The zero-order chi connectivity index (χ0) is 15.0. The summed E-state index contributed by atoms with van der Waals surface area (Å²) in [5.74, 6) is -3.47. The van der Waals surface area contributed by atoms with Gasteiger partial charge in [0.25, 0.3) is 0 Å². The van der Waals surface area contributed by atoms with Gasteiger partial charge in [0.15, 0.2) is 23.7 Å². The van der Waals surface area contributed by atoms with Crippen molar-refractivity contribution in [2.75, 3.05) is 13.2 Å². The molecule has 2 heterocycles. The van der Waals surface area contributed by atoms with Gasteiger partial charge in [0.1, 0.15) is 5.69 Å². The molecule has 1 fully saturated rings. The molecule has 7 heteroatoms. The number of benzene rings is 1. The van der Waals surface area contributed by atoms with E-state index < -0.39 is 17.5 Å². The summed E-state index contributed by atoms with van der Waals surface area (Å²) in [5, 5.41) is 4.14. The summed E-state index contributed by atoms with van der Waals surface area (Å²) in [6.45, 7) is 0.994. The van der Waals surface area contributed by atoms with Crippen LogP contribution in [0.3, 0.4) is 0 Å². The van der Waals surface area contributed by atoms with E-state index in [9.17, 15) is 18.0 Å². The molecule has 1 aromatic carbocycles. The molecule has 2 aromatic rings. The van der Waals surface area contributed by atoms with Gasteiger partial charge in [-0.15, -0.1) is 0 Å². The van der Waals surface area contributed by atoms with Crippen molar-refractivity contribution in [3.05, 3.63) is 47.0 Å². The number of aromatic nitrogens is 2. The van der Waals surface area contributed by atoms with Crippen LogP contribution in [-0.4, -0.2) is 29.3 Å². The van der Waals surface area contributed by atoms with Crippen molar-refractivity contribution in [1.82, 2.24) is 9.78 Å². The molecular weight excluding hydrogens is 285 g/mol. The molecule has 1 unspecified atom stereocenters. The van der Waals surface area contributed by atoms with Gasteiger partial charge in [-0.25, -0.2) is 17.9 Å². The van der Waals surface area contributed by atoms with Crippen molar-refractivity contribution >= 4 is 6.29 Å². The molecule has 1 aliphatic heterocycles. The highest BCUT2D eigenvalue weighted by Crippen LogP contribution is 2.27. The summed E-state index contributed by atoms with van der Waals surface area (Å²) in [6.07, 6.45) is 2.61. The Morgan fingerprint density at radius 3 is 2.67 bits per heavy atom. The minimum absolute atomic E-state index is 0.0557. The average Bonchev–Trinajstić information content (AvgIpc) is 3.10. The summed E-state index contributed by atoms with van der Waals surface area (Å²) in [4.78, 5) is 11.1. The fraction of sp³-hybridized carbons (Fsp3) is 0.286. The van der Waals surface area contributed by atoms with E-state index >= 15 is 0 Å². The second-order valence-corrected chi connectivity index (χ2v) is 4.81. The molecule has 1 saturated heterocycles. The summed E-state index contributed by atoms with van der Waals surface area (Å²) < 4.78 is 46.3. The molecule has 0 amide bonds. The highest BCUT2D eigenvalue weighted by Gasteiger charge is 2.25. The van der Waals surface area contributed by atoms with Crippen molar-refractivity contribution in [1.29, 1.82) is 0 Å². The Hall–Kier alpha value is -2.15. The van der Waals surface area contributed by atoms with Crippen LogP contribution >= 0.6 is 0 Å². The predicted molar refractivity (Wildman–Crippen MR) is 67.0 cm³/mol. The van der Waals surface area contributed by atoms with Gasteiger partial charge in [-0.2, -0.15) is 5.10 Å². The van der Waals surface area contributed by atoms with E-state index in [4.69, 9.17) is 4.74 Å². The fourth-order valence-electron chi connectivity index (χ4n) is 2.37. The normalized spacial score (nSPS) is 18.1. The van der Waals surface area contributed by atoms with Crippen molar-refractivity contribution < 1.29 is 22.7 Å². The van der Waals surface area contributed by atoms with Crippen LogP contribution in [0, 0.1) is 17.5 Å². The van der Waals surface area contributed by atoms with Gasteiger partial charge in [0.05, 0.1) is 17.9 Å². The molecule has 1 atom stereocenters. The molecule has 0 aliphatic carbocycles. The van der Waals surface area contributed by atoms with E-state index in [0.717, 1.165) is 4.68 Å². The molecule has 1 aromatic heterocycles. The van der Waals surface area contributed by atoms with Gasteiger partial charge < -0.3 is 4.74 Å². The molecule has 0 radical (unpaired) electrons. The molecule has 0 spiro atoms. The van der Waals surface area contributed by atoms with E-state index in [2.05, 4.69) is 5.10 Å². The maximum absolute atomic E-state index is 13.8. The summed E-state index contributed by atoms with van der Waals surface area (Å²) in [5.41, 5.74) is 0.517. The Labute approximate surface area is 118 Å². The first-order valence-electron chi connectivity index (χ1n) is 6.37. The van der Waals surface area contributed by atoms with E-state index in [0.29, 0.717) is 43.7 Å². The van der Waals surface area contributed by atoms with Crippen LogP contribution in [0.1, 0.15) is 28.4 Å². The average molecular weight is 296 g/mol. The fourth-order valence-corrected chi connectivity index (χ4v) is 2.37. The van der Waals surface area contributed by atoms with Gasteiger partial charge in [0, 0.05) is 30.9 Å². The number of aldehydes is 1. The second-order valence-electron chi connectivity index (χ2n) is 4.81. The van der Waals surface area contributed by atoms with Gasteiger partial charge in [-0.1, -0.05) is 0 Å². The molecule has 3 rings (SSSR count). The van der Waals surface area contributed by atoms with Crippen LogP contribution in [-0.2, 0) is 4.74 Å². The summed E-state index contributed by atoms with van der Waals surface area (Å²) in [6, 6.07) is 1.16. The number of carbonyl (C=O) groups excluding carboxylic acids is 1. The lowest BCUT2D eigenvalue weighted by molar-refractivity contribution is 0.112. The monoisotopic (exact) mass is 296 g/mol. The van der Waals surface area contributed by atoms with Gasteiger partial charge in [0.2, 0.25) is 0 Å². The first kappa shape index (κ1) is 13.8. The maximum atomic E-state index is 13.8. The number of hydrogen-bond donors (Lipinski definition) is 0. The number of halogens is 3. The minimum Gasteiger partial charge on any atom is -0.381 e. The second kappa shape index (κ2) is 5.33. The van der Waals surface area contributed by atoms with Gasteiger partial charge >= 0.3 is 0 Å². The number of carbonyl (C=O) groups is 1. The zero-order valence-corrected chi connectivity index (χ0v) is 10.9. The van der Waals surface area contributed by atoms with E-state index in [1.54, 1.807) is 0 Å². The SMILES string of the molecule is O=Cc1cn(-c2cc(F)c(F)cc2F)nc1C1CCOC1. The highest BCUT2D eigenvalue weighted by atomic mass is 19.2. The van der Waals surface area contributed by atoms with Crippen LogP contribution in [0.5, 0.6) is 0 Å². The first-order chi connectivity index (χ1) is 10.1. The number of rotatable bonds is 3. The van der Waals surface area contributed by atoms with Crippen LogP contribution in [0.2, 0.25) is 0 Å². The largest absolute Gasteiger partial charge is 0.381 e. The number of hydrogen-bond acceptors (Lipinski definition) is 3. The quantitative estimate of drug-likeness (QED) is 0.646. The molecule has 0 bridgehead atoms. The third-order valence-corrected chi connectivity index (χ3v) is 3.45. The smallest absolute Gasteiger partial charge is 0.161 e. The Bertz CT molecular complexity index is 694. The molecule has 21 heavy (non-hydrogen) atoms. The van der Waals surface area contributed by atoms with Crippen LogP contribution in [0.25, 0.3) is 5.69 Å². The lowest BCUT2D eigenvalue weighted by atomic mass is 10.0. The Balaban J connectivity index is 2.07. The summed E-state index contributed by atoms with van der Waals surface area (Å²) in [7, 11) is 0. The van der Waals surface area contributed by atoms with Crippen LogP contribution in [0.15, 0.2) is 18.3 Å². The molecular formula is C14H11F3N2O2. The molecule has 4 nitrogen and oxygen atoms in total. The topological polar surface area (TPSA) is 44.1 Å². The van der Waals surface area contributed by atoms with Crippen molar-refractivity contribution in [3.63, 3.8) is 0 Å². The zero-order valence-electron chi connectivity index (χ0n) is 10.9. The Kier molecular flexibility index (Phi) is 3.50. The Morgan fingerprint density at radius 1 is 1.24 bits per heavy atom. The van der Waals surface area contributed by atoms with Crippen LogP contribution < -0.4 is 0 Å². The maximum Gasteiger partial charge on any atom is 0.161 e. The number of nitrogens with zero attached hydrogens (tertiary/aromatic N) is 2. The van der Waals surface area contributed by atoms with E-state index in [1.807, 2.05) is 0 Å². The Morgan fingerprint density at radius 2 is 2.00 bits per heavy atom. The standard InChI is InChI=1S/C14H11F3N2O2/c15-10-3-12(17)13(4-11(10)16)19-5-9(6-20)14(18-19)8-1-2-21-7-8/h3-6,8H,1-2,7H2. The predicted octanol–water partition coefficient (Wildman–Crippen LogP) is 2.61. The molecule has 0 N–H and O–H groups in total. The number of ether oxygens (including phenoxy) is 1. The third-order valence-electron chi connectivity index (χ3n) is 3.45. The molecule has 1 aliphatic rings. The van der Waals surface area contributed by atoms with Crippen molar-refractivity contribution in [2.45, 2.75) is 12.3 Å². The minimum atomic E-state index is -1.27. The highest BCUT2D eigenvalue weighted by molar-refractivity contribution is 5.76. The first-order valence-corrected chi connectivity index (χ1v) is 6.37. The van der Waals surface area contributed by atoms with E-state index in [-0.39, 0.29) is 17.2 Å². The lowest BCUT2D eigenvalue weighted by Crippen LogP contribution is -2.04. The van der Waals surface area contributed by atoms with Crippen molar-refractivity contribution in [3.8, 4) is 5.69 Å². The van der Waals surface area contributed by atoms with E-state index in [1.165, 1.54) is 6.20 Å². The summed E-state index contributed by atoms with van der Waals surface area (Å²) >= 11 is 0. The van der Waals surface area contributed by atoms with Gasteiger partial charge in [-0.05, 0) is 6.42 Å². The molecule has 110 valence electrons.